The van der Waals surface area contributed by atoms with E-state index in [1.165, 1.54) is 0 Å². The molecule has 7 heteroatoms. The Hall–Kier alpha value is -1.79. The van der Waals surface area contributed by atoms with Gasteiger partial charge in [-0.1, -0.05) is 6.92 Å². The Bertz CT molecular complexity index is 281. The van der Waals surface area contributed by atoms with Gasteiger partial charge in [-0.25, -0.2) is 4.79 Å². The average Bonchev–Trinajstić information content (AvgIpc) is 2.33. The lowest BCUT2D eigenvalue weighted by atomic mass is 10.2. The van der Waals surface area contributed by atoms with Crippen molar-refractivity contribution in [1.29, 1.82) is 0 Å². The number of amides is 4. The fourth-order valence-corrected chi connectivity index (χ4v) is 1.19. The maximum atomic E-state index is 11.2. The van der Waals surface area contributed by atoms with Crippen molar-refractivity contribution >= 4 is 17.8 Å². The van der Waals surface area contributed by atoms with E-state index in [4.69, 9.17) is 5.73 Å². The molecule has 0 fully saturated rings. The van der Waals surface area contributed by atoms with Gasteiger partial charge in [0.15, 0.2) is 0 Å². The lowest BCUT2D eigenvalue weighted by Crippen LogP contribution is -2.36. The van der Waals surface area contributed by atoms with Crippen molar-refractivity contribution in [2.45, 2.75) is 32.6 Å². The zero-order valence-corrected chi connectivity index (χ0v) is 10.8. The third-order valence-corrected chi connectivity index (χ3v) is 2.11. The van der Waals surface area contributed by atoms with Crippen LogP contribution in [0.25, 0.3) is 0 Å². The first-order valence-corrected chi connectivity index (χ1v) is 6.13. The maximum Gasteiger partial charge on any atom is 0.314 e. The minimum atomic E-state index is -0.558. The monoisotopic (exact) mass is 258 g/mol. The Labute approximate surface area is 107 Å². The van der Waals surface area contributed by atoms with E-state index in [2.05, 4.69) is 16.0 Å². The highest BCUT2D eigenvalue weighted by Crippen LogP contribution is 1.93. The van der Waals surface area contributed by atoms with Crippen LogP contribution in [0.5, 0.6) is 0 Å². The average molecular weight is 258 g/mol. The Morgan fingerprint density at radius 3 is 2.28 bits per heavy atom. The van der Waals surface area contributed by atoms with Crippen molar-refractivity contribution in [2.24, 2.45) is 5.73 Å². The van der Waals surface area contributed by atoms with Crippen LogP contribution in [0.3, 0.4) is 0 Å². The number of nitrogens with two attached hydrogens (primary N) is 1. The van der Waals surface area contributed by atoms with E-state index >= 15 is 0 Å². The maximum absolute atomic E-state index is 11.2. The van der Waals surface area contributed by atoms with Gasteiger partial charge >= 0.3 is 6.03 Å². The van der Waals surface area contributed by atoms with E-state index in [1.807, 2.05) is 6.92 Å². The molecule has 18 heavy (non-hydrogen) atoms. The SMILES string of the molecule is CCCNC(=O)NCCCCC(=O)NCC(N)=O. The Kier molecular flexibility index (Phi) is 9.34. The van der Waals surface area contributed by atoms with Crippen LogP contribution in [-0.2, 0) is 9.59 Å². The van der Waals surface area contributed by atoms with Crippen molar-refractivity contribution in [3.63, 3.8) is 0 Å². The molecule has 104 valence electrons. The van der Waals surface area contributed by atoms with E-state index in [9.17, 15) is 14.4 Å². The van der Waals surface area contributed by atoms with Crippen molar-refractivity contribution in [2.75, 3.05) is 19.6 Å². The van der Waals surface area contributed by atoms with Gasteiger partial charge < -0.3 is 21.7 Å². The minimum Gasteiger partial charge on any atom is -0.368 e. The number of unbranched alkanes of at least 4 members (excludes halogenated alkanes) is 1. The molecule has 0 aromatic heterocycles. The Morgan fingerprint density at radius 2 is 1.67 bits per heavy atom. The van der Waals surface area contributed by atoms with E-state index in [1.54, 1.807) is 0 Å². The first kappa shape index (κ1) is 16.2. The first-order chi connectivity index (χ1) is 8.56. The van der Waals surface area contributed by atoms with Gasteiger partial charge in [0.1, 0.15) is 0 Å². The van der Waals surface area contributed by atoms with Crippen LogP contribution in [0, 0.1) is 0 Å². The largest absolute Gasteiger partial charge is 0.368 e. The molecule has 0 aliphatic heterocycles. The van der Waals surface area contributed by atoms with Gasteiger partial charge in [-0.05, 0) is 19.3 Å². The quantitative estimate of drug-likeness (QED) is 0.417. The molecule has 7 nitrogen and oxygen atoms in total. The van der Waals surface area contributed by atoms with E-state index in [0.29, 0.717) is 32.4 Å². The molecule has 0 heterocycles. The van der Waals surface area contributed by atoms with Crippen LogP contribution in [-0.4, -0.2) is 37.5 Å². The zero-order valence-electron chi connectivity index (χ0n) is 10.8. The van der Waals surface area contributed by atoms with Crippen molar-refractivity contribution in [1.82, 2.24) is 16.0 Å². The van der Waals surface area contributed by atoms with Gasteiger partial charge in [-0.2, -0.15) is 0 Å². The number of urea groups is 1. The molecule has 5 N–H and O–H groups in total. The summed E-state index contributed by atoms with van der Waals surface area (Å²) < 4.78 is 0. The van der Waals surface area contributed by atoms with Crippen molar-refractivity contribution in [3.05, 3.63) is 0 Å². The molecule has 0 rings (SSSR count). The van der Waals surface area contributed by atoms with Crippen molar-refractivity contribution in [3.8, 4) is 0 Å². The molecule has 0 saturated heterocycles. The first-order valence-electron chi connectivity index (χ1n) is 6.13. The Balaban J connectivity index is 3.36. The summed E-state index contributed by atoms with van der Waals surface area (Å²) >= 11 is 0. The molecule has 0 saturated carbocycles. The number of hydrogen-bond donors (Lipinski definition) is 4. The summed E-state index contributed by atoms with van der Waals surface area (Å²) in [7, 11) is 0. The fraction of sp³-hybridized carbons (Fsp3) is 0.727. The summed E-state index contributed by atoms with van der Waals surface area (Å²) in [6.07, 6.45) is 2.58. The summed E-state index contributed by atoms with van der Waals surface area (Å²) in [5.41, 5.74) is 4.88. The summed E-state index contributed by atoms with van der Waals surface area (Å²) in [6, 6.07) is -0.185. The van der Waals surface area contributed by atoms with Crippen LogP contribution in [0.1, 0.15) is 32.6 Å². The van der Waals surface area contributed by atoms with Crippen LogP contribution in [0.4, 0.5) is 4.79 Å². The molecule has 0 bridgehead atoms. The fourth-order valence-electron chi connectivity index (χ4n) is 1.19. The third-order valence-electron chi connectivity index (χ3n) is 2.11. The highest BCUT2D eigenvalue weighted by molar-refractivity contribution is 5.83. The molecular formula is C11H22N4O3. The van der Waals surface area contributed by atoms with Gasteiger partial charge in [0.05, 0.1) is 6.54 Å². The zero-order chi connectivity index (χ0) is 13.8. The van der Waals surface area contributed by atoms with Crippen LogP contribution >= 0.6 is 0 Å². The second-order valence-corrected chi connectivity index (χ2v) is 3.88. The summed E-state index contributed by atoms with van der Waals surface area (Å²) in [6.45, 7) is 3.03. The summed E-state index contributed by atoms with van der Waals surface area (Å²) in [5.74, 6) is -0.762. The van der Waals surface area contributed by atoms with Gasteiger partial charge in [-0.3, -0.25) is 9.59 Å². The second-order valence-electron chi connectivity index (χ2n) is 3.88. The second kappa shape index (κ2) is 10.4. The standard InChI is InChI=1S/C11H22N4O3/c1-2-6-13-11(18)14-7-4-3-5-10(17)15-8-9(12)16/h2-8H2,1H3,(H2,12,16)(H,15,17)(H2,13,14,18). The molecule has 0 aliphatic carbocycles. The third kappa shape index (κ3) is 10.7. The smallest absolute Gasteiger partial charge is 0.314 e. The summed E-state index contributed by atoms with van der Waals surface area (Å²) in [5, 5.41) is 7.77. The molecule has 0 spiro atoms. The van der Waals surface area contributed by atoms with E-state index in [-0.39, 0.29) is 18.5 Å². The van der Waals surface area contributed by atoms with Crippen LogP contribution in [0.15, 0.2) is 0 Å². The predicted molar refractivity (Wildman–Crippen MR) is 67.7 cm³/mol. The number of primary amides is 1. The molecule has 4 amide bonds. The molecule has 0 radical (unpaired) electrons. The van der Waals surface area contributed by atoms with Gasteiger partial charge in [0.25, 0.3) is 0 Å². The Morgan fingerprint density at radius 1 is 1.00 bits per heavy atom. The van der Waals surface area contributed by atoms with Gasteiger partial charge in [0, 0.05) is 19.5 Å². The minimum absolute atomic E-state index is 0.128. The lowest BCUT2D eigenvalue weighted by Gasteiger charge is -2.06. The van der Waals surface area contributed by atoms with Crippen molar-refractivity contribution < 1.29 is 14.4 Å². The number of rotatable bonds is 9. The lowest BCUT2D eigenvalue weighted by molar-refractivity contribution is -0.124. The normalized spacial score (nSPS) is 9.61. The topological polar surface area (TPSA) is 113 Å². The van der Waals surface area contributed by atoms with Crippen LogP contribution < -0.4 is 21.7 Å². The number of hydrogen-bond acceptors (Lipinski definition) is 3. The highest BCUT2D eigenvalue weighted by Gasteiger charge is 2.02. The highest BCUT2D eigenvalue weighted by atomic mass is 16.2. The predicted octanol–water partition coefficient (Wildman–Crippen LogP) is -0.533. The van der Waals surface area contributed by atoms with Gasteiger partial charge in [0.2, 0.25) is 11.8 Å². The number of nitrogens with one attached hydrogen (secondary N) is 3. The molecular weight excluding hydrogens is 236 g/mol. The molecule has 0 aromatic carbocycles. The van der Waals surface area contributed by atoms with Crippen LogP contribution in [0.2, 0.25) is 0 Å². The van der Waals surface area contributed by atoms with E-state index < -0.39 is 5.91 Å². The van der Waals surface area contributed by atoms with E-state index in [0.717, 1.165) is 6.42 Å². The molecule has 0 aliphatic rings. The number of carbonyl (C=O) groups is 3. The number of carbonyl (C=O) groups excluding carboxylic acids is 3. The van der Waals surface area contributed by atoms with Gasteiger partial charge in [-0.15, -0.1) is 0 Å². The molecule has 0 unspecified atom stereocenters. The molecule has 0 aromatic rings. The molecule has 0 atom stereocenters. The summed E-state index contributed by atoms with van der Waals surface area (Å²) in [4.78, 5) is 32.7.